The fraction of sp³-hybridized carbons (Fsp3) is 0.400. The molecule has 1 aromatic heterocycles. The molecule has 0 atom stereocenters. The summed E-state index contributed by atoms with van der Waals surface area (Å²) in [7, 11) is 1.37. The summed E-state index contributed by atoms with van der Waals surface area (Å²) < 4.78 is 30.2. The second-order valence-electron chi connectivity index (χ2n) is 3.03. The van der Waals surface area contributed by atoms with E-state index < -0.39 is 6.43 Å². The number of hydrogen-bond donors (Lipinski definition) is 1. The van der Waals surface area contributed by atoms with Crippen LogP contribution in [0.2, 0.25) is 0 Å². The van der Waals surface area contributed by atoms with E-state index in [-0.39, 0.29) is 30.1 Å². The van der Waals surface area contributed by atoms with Crippen molar-refractivity contribution in [1.29, 1.82) is 5.26 Å². The molecule has 1 rings (SSSR count). The van der Waals surface area contributed by atoms with Gasteiger partial charge in [0.1, 0.15) is 0 Å². The van der Waals surface area contributed by atoms with Crippen LogP contribution < -0.4 is 10.5 Å². The van der Waals surface area contributed by atoms with Crippen molar-refractivity contribution < 1.29 is 13.5 Å². The van der Waals surface area contributed by atoms with Gasteiger partial charge in [-0.2, -0.15) is 5.26 Å². The number of nitrogens with zero attached hydrogens (tertiary/aromatic N) is 2. The Morgan fingerprint density at radius 1 is 1.62 bits per heavy atom. The molecule has 16 heavy (non-hydrogen) atoms. The summed E-state index contributed by atoms with van der Waals surface area (Å²) in [5, 5.41) is 8.55. The van der Waals surface area contributed by atoms with Gasteiger partial charge >= 0.3 is 0 Å². The molecule has 0 aliphatic heterocycles. The van der Waals surface area contributed by atoms with Crippen molar-refractivity contribution in [2.24, 2.45) is 5.73 Å². The van der Waals surface area contributed by atoms with E-state index >= 15 is 0 Å². The first kappa shape index (κ1) is 12.3. The van der Waals surface area contributed by atoms with Gasteiger partial charge in [0.05, 0.1) is 25.3 Å². The quantitative estimate of drug-likeness (QED) is 0.847. The highest BCUT2D eigenvalue weighted by molar-refractivity contribution is 5.36. The maximum absolute atomic E-state index is 12.7. The number of alkyl halides is 2. The molecule has 0 bridgehead atoms. The monoisotopic (exact) mass is 227 g/mol. The minimum Gasteiger partial charge on any atom is -0.481 e. The fourth-order valence-corrected chi connectivity index (χ4v) is 1.33. The lowest BCUT2D eigenvalue weighted by atomic mass is 10.1. The number of methoxy groups -OCH3 is 1. The Morgan fingerprint density at radius 2 is 2.31 bits per heavy atom. The highest BCUT2D eigenvalue weighted by Gasteiger charge is 2.17. The molecule has 6 heteroatoms. The number of pyridine rings is 1. The van der Waals surface area contributed by atoms with Crippen LogP contribution in [0.5, 0.6) is 5.88 Å². The van der Waals surface area contributed by atoms with E-state index in [9.17, 15) is 8.78 Å². The average molecular weight is 227 g/mol. The number of hydrogen-bond acceptors (Lipinski definition) is 4. The zero-order valence-electron chi connectivity index (χ0n) is 8.70. The van der Waals surface area contributed by atoms with Crippen molar-refractivity contribution >= 4 is 0 Å². The lowest BCUT2D eigenvalue weighted by Crippen LogP contribution is -2.08. The predicted octanol–water partition coefficient (Wildman–Crippen LogP) is 1.55. The third-order valence-corrected chi connectivity index (χ3v) is 2.07. The number of halogens is 2. The maximum Gasteiger partial charge on any atom is 0.265 e. The van der Waals surface area contributed by atoms with Crippen molar-refractivity contribution in [2.45, 2.75) is 19.4 Å². The van der Waals surface area contributed by atoms with Crippen molar-refractivity contribution in [3.63, 3.8) is 0 Å². The summed E-state index contributed by atoms with van der Waals surface area (Å²) in [6.07, 6.45) is -2.69. The number of aromatic nitrogens is 1. The Morgan fingerprint density at radius 3 is 2.75 bits per heavy atom. The summed E-state index contributed by atoms with van der Waals surface area (Å²) in [5.74, 6) is 0.173. The van der Waals surface area contributed by atoms with Gasteiger partial charge in [0, 0.05) is 17.7 Å². The number of nitriles is 1. The number of nitrogens with two attached hydrogens (primary N) is 1. The third-order valence-electron chi connectivity index (χ3n) is 2.07. The molecule has 0 aromatic carbocycles. The van der Waals surface area contributed by atoms with Crippen LogP contribution >= 0.6 is 0 Å². The van der Waals surface area contributed by atoms with Gasteiger partial charge in [-0.25, -0.2) is 13.8 Å². The van der Waals surface area contributed by atoms with E-state index in [4.69, 9.17) is 15.7 Å². The normalized spacial score (nSPS) is 10.2. The van der Waals surface area contributed by atoms with Gasteiger partial charge in [-0.05, 0) is 6.07 Å². The van der Waals surface area contributed by atoms with E-state index in [0.29, 0.717) is 5.56 Å². The Balaban J connectivity index is 3.30. The molecule has 0 fully saturated rings. The van der Waals surface area contributed by atoms with E-state index in [1.54, 1.807) is 0 Å². The van der Waals surface area contributed by atoms with E-state index in [1.807, 2.05) is 6.07 Å². The summed E-state index contributed by atoms with van der Waals surface area (Å²) >= 11 is 0. The first-order valence-electron chi connectivity index (χ1n) is 4.55. The van der Waals surface area contributed by atoms with E-state index in [0.717, 1.165) is 0 Å². The highest BCUT2D eigenvalue weighted by atomic mass is 19.3. The molecule has 4 nitrogen and oxygen atoms in total. The first-order valence-corrected chi connectivity index (χ1v) is 4.55. The summed E-state index contributed by atoms with van der Waals surface area (Å²) in [4.78, 5) is 3.87. The predicted molar refractivity (Wildman–Crippen MR) is 53.0 cm³/mol. The molecule has 0 saturated carbocycles. The molecular weight excluding hydrogens is 216 g/mol. The van der Waals surface area contributed by atoms with Crippen molar-refractivity contribution in [2.75, 3.05) is 7.11 Å². The first-order chi connectivity index (χ1) is 7.63. The van der Waals surface area contributed by atoms with Gasteiger partial charge in [0.2, 0.25) is 5.88 Å². The Kier molecular flexibility index (Phi) is 4.14. The molecule has 0 amide bonds. The van der Waals surface area contributed by atoms with Crippen LogP contribution in [0.15, 0.2) is 6.07 Å². The molecule has 1 heterocycles. The van der Waals surface area contributed by atoms with Gasteiger partial charge in [-0.1, -0.05) is 0 Å². The van der Waals surface area contributed by atoms with Crippen LogP contribution in [0.3, 0.4) is 0 Å². The summed E-state index contributed by atoms with van der Waals surface area (Å²) in [5.41, 5.74) is 5.51. The van der Waals surface area contributed by atoms with Crippen molar-refractivity contribution in [1.82, 2.24) is 4.98 Å². The van der Waals surface area contributed by atoms with Crippen LogP contribution in [-0.4, -0.2) is 12.1 Å². The smallest absolute Gasteiger partial charge is 0.265 e. The summed E-state index contributed by atoms with van der Waals surface area (Å²) in [6.45, 7) is -0.0944. The standard InChI is InChI=1S/C10H11F2N3O/c1-16-10-6(2-3-13)4-7(9(11)12)8(5-14)15-10/h4,9H,2,5,14H2,1H3. The zero-order valence-corrected chi connectivity index (χ0v) is 8.70. The third kappa shape index (κ3) is 2.44. The van der Waals surface area contributed by atoms with Crippen molar-refractivity contribution in [3.8, 4) is 11.9 Å². The van der Waals surface area contributed by atoms with Gasteiger partial charge in [0.15, 0.2) is 0 Å². The highest BCUT2D eigenvalue weighted by Crippen LogP contribution is 2.27. The molecule has 2 N–H and O–H groups in total. The lowest BCUT2D eigenvalue weighted by Gasteiger charge is -2.11. The van der Waals surface area contributed by atoms with Gasteiger partial charge in [0.25, 0.3) is 6.43 Å². The van der Waals surface area contributed by atoms with Crippen LogP contribution in [-0.2, 0) is 13.0 Å². The van der Waals surface area contributed by atoms with Crippen LogP contribution in [0.4, 0.5) is 8.78 Å². The molecule has 0 spiro atoms. The molecular formula is C10H11F2N3O. The molecule has 0 saturated heterocycles. The number of rotatable bonds is 4. The second-order valence-corrected chi connectivity index (χ2v) is 3.03. The van der Waals surface area contributed by atoms with Crippen LogP contribution in [0.1, 0.15) is 23.2 Å². The largest absolute Gasteiger partial charge is 0.481 e. The topological polar surface area (TPSA) is 71.9 Å². The minimum atomic E-state index is -2.66. The maximum atomic E-state index is 12.7. The average Bonchev–Trinajstić information content (AvgIpc) is 2.28. The molecule has 1 aromatic rings. The molecule has 86 valence electrons. The zero-order chi connectivity index (χ0) is 12.1. The molecule has 0 unspecified atom stereocenters. The van der Waals surface area contributed by atoms with Gasteiger partial charge in [-0.3, -0.25) is 0 Å². The van der Waals surface area contributed by atoms with E-state index in [2.05, 4.69) is 4.98 Å². The van der Waals surface area contributed by atoms with E-state index in [1.165, 1.54) is 13.2 Å². The Hall–Kier alpha value is -1.74. The van der Waals surface area contributed by atoms with Gasteiger partial charge < -0.3 is 10.5 Å². The van der Waals surface area contributed by atoms with Gasteiger partial charge in [-0.15, -0.1) is 0 Å². The Bertz CT molecular complexity index is 415. The Labute approximate surface area is 91.7 Å². The van der Waals surface area contributed by atoms with Crippen LogP contribution in [0.25, 0.3) is 0 Å². The molecule has 0 aliphatic rings. The lowest BCUT2D eigenvalue weighted by molar-refractivity contribution is 0.149. The minimum absolute atomic E-state index is 0.0270. The fourth-order valence-electron chi connectivity index (χ4n) is 1.33. The number of ether oxygens (including phenoxy) is 1. The van der Waals surface area contributed by atoms with Crippen LogP contribution in [0, 0.1) is 11.3 Å². The SMILES string of the molecule is COc1nc(CN)c(C(F)F)cc1CC#N. The molecule has 0 radical (unpaired) electrons. The molecule has 0 aliphatic carbocycles. The second kappa shape index (κ2) is 5.37. The summed E-state index contributed by atoms with van der Waals surface area (Å²) in [6, 6.07) is 3.09. The van der Waals surface area contributed by atoms with Crippen molar-refractivity contribution in [3.05, 3.63) is 22.9 Å².